The third-order valence-electron chi connectivity index (χ3n) is 1.72. The summed E-state index contributed by atoms with van der Waals surface area (Å²) >= 11 is 0. The largest absolute Gasteiger partial charge is 0.508 e. The molecule has 0 fully saturated rings. The van der Waals surface area contributed by atoms with E-state index in [9.17, 15) is 4.39 Å². The van der Waals surface area contributed by atoms with Gasteiger partial charge in [0, 0.05) is 25.6 Å². The summed E-state index contributed by atoms with van der Waals surface area (Å²) < 4.78 is 12.8. The van der Waals surface area contributed by atoms with E-state index in [4.69, 9.17) is 11.5 Å². The molecule has 3 heteroatoms. The van der Waals surface area contributed by atoms with Crippen LogP contribution in [0.1, 0.15) is 12.0 Å². The van der Waals surface area contributed by atoms with Crippen LogP contribution in [-0.2, 0) is 6.54 Å². The summed E-state index contributed by atoms with van der Waals surface area (Å²) in [4.78, 5) is 0. The Kier molecular flexibility index (Phi) is 3.96. The van der Waals surface area contributed by atoms with Crippen molar-refractivity contribution in [3.63, 3.8) is 0 Å². The monoisotopic (exact) mass is 193 g/mol. The maximum absolute atomic E-state index is 12.8. The number of phenols is 1. The Morgan fingerprint density at radius 1 is 1.43 bits per heavy atom. The second-order valence-corrected chi connectivity index (χ2v) is 2.95. The Bertz CT molecular complexity index is 323. The molecule has 1 aromatic rings. The van der Waals surface area contributed by atoms with Crippen LogP contribution in [0.3, 0.4) is 0 Å². The molecule has 0 aliphatic carbocycles. The zero-order valence-corrected chi connectivity index (χ0v) is 7.76. The average Bonchev–Trinajstić information content (AvgIpc) is 2.11. The molecule has 0 saturated heterocycles. The highest BCUT2D eigenvalue weighted by Gasteiger charge is 1.98. The van der Waals surface area contributed by atoms with Crippen molar-refractivity contribution in [3.8, 4) is 18.1 Å². The number of aromatic hydroxyl groups is 1. The standard InChI is InChI=1S/C11H12FNO/c1-2-3-4-13-8-9-5-10(12)7-11(14)6-9/h1,5-7,13-14H,3-4,8H2. The van der Waals surface area contributed by atoms with Crippen molar-refractivity contribution in [1.29, 1.82) is 0 Å². The highest BCUT2D eigenvalue weighted by Crippen LogP contribution is 2.14. The first-order chi connectivity index (χ1) is 6.72. The quantitative estimate of drug-likeness (QED) is 0.563. The van der Waals surface area contributed by atoms with E-state index >= 15 is 0 Å². The van der Waals surface area contributed by atoms with E-state index in [2.05, 4.69) is 11.2 Å². The van der Waals surface area contributed by atoms with E-state index in [0.29, 0.717) is 25.1 Å². The van der Waals surface area contributed by atoms with Gasteiger partial charge in [0.05, 0.1) is 0 Å². The van der Waals surface area contributed by atoms with E-state index < -0.39 is 5.82 Å². The van der Waals surface area contributed by atoms with Gasteiger partial charge in [0.1, 0.15) is 11.6 Å². The van der Waals surface area contributed by atoms with Crippen LogP contribution in [-0.4, -0.2) is 11.7 Å². The minimum Gasteiger partial charge on any atom is -0.508 e. The summed E-state index contributed by atoms with van der Waals surface area (Å²) in [6.07, 6.45) is 5.71. The molecule has 14 heavy (non-hydrogen) atoms. The fraction of sp³-hybridized carbons (Fsp3) is 0.273. The van der Waals surface area contributed by atoms with Crippen LogP contribution in [0.4, 0.5) is 4.39 Å². The molecule has 1 aromatic carbocycles. The van der Waals surface area contributed by atoms with Gasteiger partial charge in [-0.2, -0.15) is 0 Å². The average molecular weight is 193 g/mol. The van der Waals surface area contributed by atoms with Crippen molar-refractivity contribution >= 4 is 0 Å². The first-order valence-corrected chi connectivity index (χ1v) is 4.35. The summed E-state index contributed by atoms with van der Waals surface area (Å²) in [6, 6.07) is 3.97. The van der Waals surface area contributed by atoms with Gasteiger partial charge in [0.25, 0.3) is 0 Å². The normalized spacial score (nSPS) is 9.71. The number of hydrogen-bond acceptors (Lipinski definition) is 2. The van der Waals surface area contributed by atoms with Crippen molar-refractivity contribution < 1.29 is 9.50 Å². The number of benzene rings is 1. The van der Waals surface area contributed by atoms with Crippen molar-refractivity contribution in [3.05, 3.63) is 29.6 Å². The fourth-order valence-electron chi connectivity index (χ4n) is 1.13. The maximum atomic E-state index is 12.8. The fourth-order valence-corrected chi connectivity index (χ4v) is 1.13. The third kappa shape index (κ3) is 3.46. The van der Waals surface area contributed by atoms with Crippen molar-refractivity contribution in [1.82, 2.24) is 5.32 Å². The molecular weight excluding hydrogens is 181 g/mol. The van der Waals surface area contributed by atoms with Crippen molar-refractivity contribution in [2.45, 2.75) is 13.0 Å². The van der Waals surface area contributed by atoms with Crippen LogP contribution in [0.15, 0.2) is 18.2 Å². The molecule has 0 radical (unpaired) electrons. The topological polar surface area (TPSA) is 32.3 Å². The minimum absolute atomic E-state index is 0.0567. The predicted octanol–water partition coefficient (Wildman–Crippen LogP) is 1.64. The number of nitrogens with one attached hydrogen (secondary N) is 1. The van der Waals surface area contributed by atoms with Crippen molar-refractivity contribution in [2.75, 3.05) is 6.54 Å². The molecule has 2 N–H and O–H groups in total. The van der Waals surface area contributed by atoms with E-state index in [1.165, 1.54) is 12.1 Å². The smallest absolute Gasteiger partial charge is 0.127 e. The molecule has 0 aliphatic rings. The SMILES string of the molecule is C#CCCNCc1cc(O)cc(F)c1. The molecule has 2 nitrogen and oxygen atoms in total. The van der Waals surface area contributed by atoms with Crippen LogP contribution < -0.4 is 5.32 Å². The van der Waals surface area contributed by atoms with Gasteiger partial charge in [-0.3, -0.25) is 0 Å². The Hall–Kier alpha value is -1.53. The molecule has 0 atom stereocenters. The molecule has 0 spiro atoms. The molecule has 74 valence electrons. The van der Waals surface area contributed by atoms with Gasteiger partial charge in [-0.15, -0.1) is 12.3 Å². The lowest BCUT2D eigenvalue weighted by Crippen LogP contribution is -2.14. The molecule has 0 saturated carbocycles. The Morgan fingerprint density at radius 3 is 2.86 bits per heavy atom. The lowest BCUT2D eigenvalue weighted by Gasteiger charge is -2.03. The highest BCUT2D eigenvalue weighted by molar-refractivity contribution is 5.28. The van der Waals surface area contributed by atoms with Gasteiger partial charge in [-0.1, -0.05) is 0 Å². The van der Waals surface area contributed by atoms with Gasteiger partial charge < -0.3 is 10.4 Å². The second kappa shape index (κ2) is 5.25. The summed E-state index contributed by atoms with van der Waals surface area (Å²) in [5, 5.41) is 12.1. The molecular formula is C11H12FNO. The van der Waals surface area contributed by atoms with Crippen LogP contribution in [0.5, 0.6) is 5.75 Å². The van der Waals surface area contributed by atoms with Gasteiger partial charge in [0.15, 0.2) is 0 Å². The number of halogens is 1. The second-order valence-electron chi connectivity index (χ2n) is 2.95. The molecule has 0 heterocycles. The minimum atomic E-state index is -0.432. The number of phenolic OH excluding ortho intramolecular Hbond substituents is 1. The van der Waals surface area contributed by atoms with Crippen molar-refractivity contribution in [2.24, 2.45) is 0 Å². The first-order valence-electron chi connectivity index (χ1n) is 4.35. The summed E-state index contributed by atoms with van der Waals surface area (Å²) in [5.74, 6) is 2.00. The molecule has 0 aliphatic heterocycles. The zero-order chi connectivity index (χ0) is 10.4. The van der Waals surface area contributed by atoms with Crippen LogP contribution in [0.2, 0.25) is 0 Å². The summed E-state index contributed by atoms with van der Waals surface area (Å²) in [7, 11) is 0. The highest BCUT2D eigenvalue weighted by atomic mass is 19.1. The zero-order valence-electron chi connectivity index (χ0n) is 7.76. The van der Waals surface area contributed by atoms with Crippen LogP contribution >= 0.6 is 0 Å². The van der Waals surface area contributed by atoms with E-state index in [0.717, 1.165) is 6.07 Å². The van der Waals surface area contributed by atoms with Gasteiger partial charge in [-0.05, 0) is 17.7 Å². The van der Waals surface area contributed by atoms with Gasteiger partial charge >= 0.3 is 0 Å². The number of hydrogen-bond donors (Lipinski definition) is 2. The number of terminal acetylenes is 1. The molecule has 1 rings (SSSR count). The Morgan fingerprint density at radius 2 is 2.21 bits per heavy atom. The lowest BCUT2D eigenvalue weighted by atomic mass is 10.2. The first kappa shape index (κ1) is 10.6. The third-order valence-corrected chi connectivity index (χ3v) is 1.72. The predicted molar refractivity (Wildman–Crippen MR) is 53.2 cm³/mol. The summed E-state index contributed by atoms with van der Waals surface area (Å²) in [6.45, 7) is 1.20. The maximum Gasteiger partial charge on any atom is 0.127 e. The van der Waals surface area contributed by atoms with E-state index in [-0.39, 0.29) is 5.75 Å². The van der Waals surface area contributed by atoms with Gasteiger partial charge in [0.2, 0.25) is 0 Å². The van der Waals surface area contributed by atoms with E-state index in [1.807, 2.05) is 0 Å². The molecule has 0 unspecified atom stereocenters. The molecule has 0 amide bonds. The lowest BCUT2D eigenvalue weighted by molar-refractivity contribution is 0.467. The molecule has 0 bridgehead atoms. The Labute approximate surface area is 82.8 Å². The van der Waals surface area contributed by atoms with Gasteiger partial charge in [-0.25, -0.2) is 4.39 Å². The number of rotatable bonds is 4. The summed E-state index contributed by atoms with van der Waals surface area (Å²) in [5.41, 5.74) is 0.708. The molecule has 0 aromatic heterocycles. The van der Waals surface area contributed by atoms with Crippen LogP contribution in [0, 0.1) is 18.2 Å². The van der Waals surface area contributed by atoms with Crippen LogP contribution in [0.25, 0.3) is 0 Å². The Balaban J connectivity index is 2.47. The van der Waals surface area contributed by atoms with E-state index in [1.54, 1.807) is 0 Å².